The fourth-order valence-corrected chi connectivity index (χ4v) is 4.92. The number of hydrogen-bond acceptors (Lipinski definition) is 7. The van der Waals surface area contributed by atoms with Gasteiger partial charge in [-0.1, -0.05) is 6.07 Å². The third kappa shape index (κ3) is 5.92. The Morgan fingerprint density at radius 3 is 2.69 bits per heavy atom. The Bertz CT molecular complexity index is 1060. The zero-order valence-electron chi connectivity index (χ0n) is 18.3. The van der Waals surface area contributed by atoms with Crippen molar-refractivity contribution >= 4 is 44.8 Å². The maximum atomic E-state index is 13.1. The molecule has 0 radical (unpaired) electrons. The molecule has 1 saturated heterocycles. The maximum absolute atomic E-state index is 13.1. The number of aromatic nitrogens is 2. The predicted octanol–water partition coefficient (Wildman–Crippen LogP) is 4.03. The molecule has 1 aliphatic heterocycles. The monoisotopic (exact) mass is 514 g/mol. The molecule has 3 heterocycles. The van der Waals surface area contributed by atoms with E-state index < -0.39 is 0 Å². The normalized spacial score (nSPS) is 14.7. The van der Waals surface area contributed by atoms with E-state index >= 15 is 0 Å². The SMILES string of the molecule is CN(C)CCN1CCN(C(=O)c2cccc(Nc3nccc(-c4ccc(Br)s4)n3)c2)CC1. The molecule has 0 atom stereocenters. The van der Waals surface area contributed by atoms with Gasteiger partial charge in [0.25, 0.3) is 5.91 Å². The number of nitrogens with one attached hydrogen (secondary N) is 1. The molecule has 1 aliphatic rings. The number of piperazine rings is 1. The summed E-state index contributed by atoms with van der Waals surface area (Å²) < 4.78 is 1.06. The smallest absolute Gasteiger partial charge is 0.254 e. The molecule has 1 aromatic carbocycles. The van der Waals surface area contributed by atoms with Crippen molar-refractivity contribution in [2.45, 2.75) is 0 Å². The average Bonchev–Trinajstić information content (AvgIpc) is 3.24. The van der Waals surface area contributed by atoms with E-state index in [0.29, 0.717) is 11.5 Å². The molecule has 1 fully saturated rings. The third-order valence-corrected chi connectivity index (χ3v) is 7.02. The van der Waals surface area contributed by atoms with Crippen molar-refractivity contribution in [1.82, 2.24) is 24.7 Å². The molecule has 9 heteroatoms. The Morgan fingerprint density at radius 1 is 1.16 bits per heavy atom. The number of halogens is 1. The highest BCUT2D eigenvalue weighted by molar-refractivity contribution is 9.11. The first-order chi connectivity index (χ1) is 15.5. The molecule has 168 valence electrons. The van der Waals surface area contributed by atoms with Crippen molar-refractivity contribution in [3.8, 4) is 10.6 Å². The Labute approximate surface area is 201 Å². The molecular formula is C23H27BrN6OS. The minimum Gasteiger partial charge on any atom is -0.336 e. The van der Waals surface area contributed by atoms with E-state index in [1.165, 1.54) is 0 Å². The van der Waals surface area contributed by atoms with Crippen molar-refractivity contribution in [3.05, 3.63) is 58.0 Å². The highest BCUT2D eigenvalue weighted by Crippen LogP contribution is 2.30. The van der Waals surface area contributed by atoms with Crippen LogP contribution in [0.2, 0.25) is 0 Å². The molecule has 4 rings (SSSR count). The molecule has 3 aromatic rings. The largest absolute Gasteiger partial charge is 0.336 e. The van der Waals surface area contributed by atoms with Crippen LogP contribution < -0.4 is 5.32 Å². The summed E-state index contributed by atoms with van der Waals surface area (Å²) in [4.78, 5) is 29.6. The summed E-state index contributed by atoms with van der Waals surface area (Å²) in [5, 5.41) is 3.24. The molecular weight excluding hydrogens is 488 g/mol. The Balaban J connectivity index is 1.39. The van der Waals surface area contributed by atoms with Crippen LogP contribution >= 0.6 is 27.3 Å². The third-order valence-electron chi connectivity index (χ3n) is 5.37. The van der Waals surface area contributed by atoms with E-state index in [-0.39, 0.29) is 5.91 Å². The number of anilines is 2. The highest BCUT2D eigenvalue weighted by Gasteiger charge is 2.22. The van der Waals surface area contributed by atoms with Crippen LogP contribution in [0.1, 0.15) is 10.4 Å². The zero-order chi connectivity index (χ0) is 22.5. The van der Waals surface area contributed by atoms with Crippen molar-refractivity contribution in [2.24, 2.45) is 0 Å². The summed E-state index contributed by atoms with van der Waals surface area (Å²) in [6, 6.07) is 13.5. The van der Waals surface area contributed by atoms with Gasteiger partial charge in [0.15, 0.2) is 0 Å². The minimum absolute atomic E-state index is 0.0685. The lowest BCUT2D eigenvalue weighted by Crippen LogP contribution is -2.49. The van der Waals surface area contributed by atoms with Gasteiger partial charge in [-0.15, -0.1) is 11.3 Å². The van der Waals surface area contributed by atoms with Crippen molar-refractivity contribution in [1.29, 1.82) is 0 Å². The fourth-order valence-electron chi connectivity index (χ4n) is 3.57. The zero-order valence-corrected chi connectivity index (χ0v) is 20.7. The van der Waals surface area contributed by atoms with Gasteiger partial charge in [0.1, 0.15) is 0 Å². The predicted molar refractivity (Wildman–Crippen MR) is 134 cm³/mol. The van der Waals surface area contributed by atoms with Gasteiger partial charge in [0.2, 0.25) is 5.95 Å². The van der Waals surface area contributed by atoms with Gasteiger partial charge in [-0.2, -0.15) is 0 Å². The number of nitrogens with zero attached hydrogens (tertiary/aromatic N) is 5. The van der Waals surface area contributed by atoms with E-state index in [1.807, 2.05) is 47.4 Å². The number of carbonyl (C=O) groups excluding carboxylic acids is 1. The van der Waals surface area contributed by atoms with Crippen LogP contribution in [-0.4, -0.2) is 83.9 Å². The van der Waals surface area contributed by atoms with E-state index in [4.69, 9.17) is 0 Å². The van der Waals surface area contributed by atoms with Gasteiger partial charge in [0, 0.05) is 56.7 Å². The lowest BCUT2D eigenvalue weighted by Gasteiger charge is -2.35. The van der Waals surface area contributed by atoms with Gasteiger partial charge < -0.3 is 15.1 Å². The molecule has 0 aliphatic carbocycles. The molecule has 1 amide bonds. The van der Waals surface area contributed by atoms with E-state index in [2.05, 4.69) is 55.1 Å². The number of benzene rings is 1. The van der Waals surface area contributed by atoms with Gasteiger partial charge in [0.05, 0.1) is 14.4 Å². The van der Waals surface area contributed by atoms with Crippen LogP contribution in [-0.2, 0) is 0 Å². The molecule has 0 saturated carbocycles. The quantitative estimate of drug-likeness (QED) is 0.513. The number of thiophene rings is 1. The van der Waals surface area contributed by atoms with Crippen LogP contribution in [0.3, 0.4) is 0 Å². The van der Waals surface area contributed by atoms with E-state index in [1.54, 1.807) is 17.5 Å². The van der Waals surface area contributed by atoms with Crippen LogP contribution in [0.25, 0.3) is 10.6 Å². The molecule has 2 aromatic heterocycles. The molecule has 7 nitrogen and oxygen atoms in total. The minimum atomic E-state index is 0.0685. The van der Waals surface area contributed by atoms with Crippen LogP contribution in [0.4, 0.5) is 11.6 Å². The summed E-state index contributed by atoms with van der Waals surface area (Å²) in [7, 11) is 4.17. The second kappa shape index (κ2) is 10.5. The summed E-state index contributed by atoms with van der Waals surface area (Å²) in [6.45, 7) is 5.41. The topological polar surface area (TPSA) is 64.6 Å². The van der Waals surface area contributed by atoms with E-state index in [0.717, 1.165) is 59.3 Å². The Hall–Kier alpha value is -2.33. The van der Waals surface area contributed by atoms with Gasteiger partial charge in [-0.3, -0.25) is 9.69 Å². The maximum Gasteiger partial charge on any atom is 0.254 e. The number of rotatable bonds is 7. The second-order valence-electron chi connectivity index (χ2n) is 8.01. The molecule has 32 heavy (non-hydrogen) atoms. The van der Waals surface area contributed by atoms with Crippen molar-refractivity contribution in [3.63, 3.8) is 0 Å². The van der Waals surface area contributed by atoms with Crippen molar-refractivity contribution < 1.29 is 4.79 Å². The van der Waals surface area contributed by atoms with Crippen LogP contribution in [0.5, 0.6) is 0 Å². The van der Waals surface area contributed by atoms with Gasteiger partial charge in [-0.25, -0.2) is 9.97 Å². The van der Waals surface area contributed by atoms with Crippen LogP contribution in [0.15, 0.2) is 52.4 Å². The number of carbonyl (C=O) groups is 1. The van der Waals surface area contributed by atoms with Gasteiger partial charge >= 0.3 is 0 Å². The molecule has 1 N–H and O–H groups in total. The fraction of sp³-hybridized carbons (Fsp3) is 0.348. The number of likely N-dealkylation sites (N-methyl/N-ethyl adjacent to an activating group) is 1. The summed E-state index contributed by atoms with van der Waals surface area (Å²) >= 11 is 5.12. The highest BCUT2D eigenvalue weighted by atomic mass is 79.9. The second-order valence-corrected chi connectivity index (χ2v) is 10.5. The standard InChI is InChI=1S/C23H27BrN6OS/c1-28(2)10-11-29-12-14-30(15-13-29)22(31)17-4-3-5-18(16-17)26-23-25-9-8-19(27-23)20-6-7-21(24)32-20/h3-9,16H,10-15H2,1-2H3,(H,25,26,27). The van der Waals surface area contributed by atoms with Crippen LogP contribution in [0, 0.1) is 0 Å². The summed E-state index contributed by atoms with van der Waals surface area (Å²) in [6.07, 6.45) is 1.74. The first kappa shape index (κ1) is 22.8. The molecule has 0 unspecified atom stereocenters. The lowest BCUT2D eigenvalue weighted by atomic mass is 10.1. The van der Waals surface area contributed by atoms with Crippen molar-refractivity contribution in [2.75, 3.05) is 58.7 Å². The number of amides is 1. The lowest BCUT2D eigenvalue weighted by molar-refractivity contribution is 0.0630. The Morgan fingerprint density at radius 2 is 1.97 bits per heavy atom. The first-order valence-electron chi connectivity index (χ1n) is 10.6. The summed E-state index contributed by atoms with van der Waals surface area (Å²) in [5.74, 6) is 0.574. The first-order valence-corrected chi connectivity index (χ1v) is 12.2. The Kier molecular flexibility index (Phi) is 7.51. The molecule has 0 bridgehead atoms. The average molecular weight is 515 g/mol. The molecule has 0 spiro atoms. The van der Waals surface area contributed by atoms with E-state index in [9.17, 15) is 4.79 Å². The summed E-state index contributed by atoms with van der Waals surface area (Å²) in [5.41, 5.74) is 2.33. The number of hydrogen-bond donors (Lipinski definition) is 1. The van der Waals surface area contributed by atoms with Gasteiger partial charge in [-0.05, 0) is 66.4 Å².